The number of nitrogens with one attached hydrogen (secondary N) is 1. The zero-order chi connectivity index (χ0) is 19.2. The van der Waals surface area contributed by atoms with E-state index in [0.717, 1.165) is 16.9 Å². The van der Waals surface area contributed by atoms with Gasteiger partial charge in [-0.05, 0) is 43.2 Å². The Morgan fingerprint density at radius 2 is 1.89 bits per heavy atom. The summed E-state index contributed by atoms with van der Waals surface area (Å²) in [4.78, 5) is 27.7. The number of hydrogen-bond acceptors (Lipinski definition) is 4. The molecule has 0 saturated carbocycles. The van der Waals surface area contributed by atoms with Crippen molar-refractivity contribution in [2.45, 2.75) is 36.6 Å². The van der Waals surface area contributed by atoms with Crippen molar-refractivity contribution in [3.8, 4) is 5.75 Å². The Hall–Kier alpha value is -2.47. The second kappa shape index (κ2) is 6.60. The molecule has 27 heavy (non-hydrogen) atoms. The zero-order valence-corrected chi connectivity index (χ0v) is 16.4. The van der Waals surface area contributed by atoms with Crippen LogP contribution in [0.3, 0.4) is 0 Å². The topological polar surface area (TPSA) is 58.6 Å². The Kier molecular flexibility index (Phi) is 4.38. The molecule has 2 amide bonds. The number of fused-ring (bicyclic) bond motifs is 3. The normalized spacial score (nSPS) is 22.3. The average molecular weight is 382 g/mol. The number of hydrogen-bond donors (Lipinski definition) is 1. The first-order chi connectivity index (χ1) is 12.9. The Morgan fingerprint density at radius 3 is 2.59 bits per heavy atom. The van der Waals surface area contributed by atoms with Crippen molar-refractivity contribution in [3.05, 3.63) is 65.2 Å². The van der Waals surface area contributed by atoms with Gasteiger partial charge in [-0.3, -0.25) is 9.59 Å². The molecule has 5 nitrogen and oxygen atoms in total. The molecule has 2 aliphatic heterocycles. The molecule has 1 unspecified atom stereocenters. The lowest BCUT2D eigenvalue weighted by atomic mass is 10.0. The number of amides is 2. The molecule has 0 radical (unpaired) electrons. The maximum absolute atomic E-state index is 13.1. The maximum Gasteiger partial charge on any atom is 0.256 e. The SMILES string of the molecule is COc1ccc(CNC(=O)[C@H]2N3C(=O)c4ccccc4C3SC2(C)C)cc1. The fourth-order valence-electron chi connectivity index (χ4n) is 3.83. The molecule has 2 aromatic carbocycles. The third-order valence-corrected chi connectivity index (χ3v) is 6.71. The minimum atomic E-state index is -0.509. The molecule has 1 fully saturated rings. The highest BCUT2D eigenvalue weighted by molar-refractivity contribution is 8.01. The van der Waals surface area contributed by atoms with E-state index in [0.29, 0.717) is 12.1 Å². The van der Waals surface area contributed by atoms with Gasteiger partial charge in [0.2, 0.25) is 5.91 Å². The molecule has 0 spiro atoms. The molecule has 2 atom stereocenters. The number of nitrogens with zero attached hydrogens (tertiary/aromatic N) is 1. The molecule has 2 aromatic rings. The molecule has 2 heterocycles. The number of ether oxygens (including phenoxy) is 1. The minimum absolute atomic E-state index is 0.0572. The fraction of sp³-hybridized carbons (Fsp3) is 0.333. The fourth-order valence-corrected chi connectivity index (χ4v) is 5.42. The van der Waals surface area contributed by atoms with Crippen molar-refractivity contribution in [1.29, 1.82) is 0 Å². The van der Waals surface area contributed by atoms with Crippen LogP contribution in [-0.2, 0) is 11.3 Å². The first kappa shape index (κ1) is 17.9. The molecule has 6 heteroatoms. The van der Waals surface area contributed by atoms with Crippen molar-refractivity contribution in [3.63, 3.8) is 0 Å². The van der Waals surface area contributed by atoms with E-state index < -0.39 is 6.04 Å². The van der Waals surface area contributed by atoms with Gasteiger partial charge in [0.15, 0.2) is 0 Å². The van der Waals surface area contributed by atoms with E-state index in [2.05, 4.69) is 5.32 Å². The Balaban J connectivity index is 1.53. The molecule has 0 aliphatic carbocycles. The predicted octanol–water partition coefficient (Wildman–Crippen LogP) is 3.36. The van der Waals surface area contributed by atoms with Crippen molar-refractivity contribution < 1.29 is 14.3 Å². The molecular formula is C21H22N2O3S. The molecule has 0 aromatic heterocycles. The molecule has 140 valence electrons. The van der Waals surface area contributed by atoms with Gasteiger partial charge >= 0.3 is 0 Å². The number of benzene rings is 2. The summed E-state index contributed by atoms with van der Waals surface area (Å²) < 4.78 is 4.80. The lowest BCUT2D eigenvalue weighted by molar-refractivity contribution is -0.126. The second-order valence-corrected chi connectivity index (χ2v) is 9.08. The monoisotopic (exact) mass is 382 g/mol. The summed E-state index contributed by atoms with van der Waals surface area (Å²) in [5, 5.41) is 2.91. The van der Waals surface area contributed by atoms with Gasteiger partial charge in [0, 0.05) is 16.9 Å². The largest absolute Gasteiger partial charge is 0.497 e. The Labute approximate surface area is 163 Å². The van der Waals surface area contributed by atoms with Crippen molar-refractivity contribution in [2.24, 2.45) is 0 Å². The summed E-state index contributed by atoms with van der Waals surface area (Å²) >= 11 is 1.68. The van der Waals surface area contributed by atoms with E-state index in [-0.39, 0.29) is 21.9 Å². The number of rotatable bonds is 4. The Bertz CT molecular complexity index is 895. The van der Waals surface area contributed by atoms with Crippen molar-refractivity contribution in [1.82, 2.24) is 10.2 Å². The van der Waals surface area contributed by atoms with Gasteiger partial charge in [-0.1, -0.05) is 30.3 Å². The van der Waals surface area contributed by atoms with Crippen LogP contribution in [0.1, 0.15) is 40.7 Å². The molecule has 2 aliphatic rings. The van der Waals surface area contributed by atoms with Crippen LogP contribution in [0.5, 0.6) is 5.75 Å². The van der Waals surface area contributed by atoms with Crippen LogP contribution in [0.15, 0.2) is 48.5 Å². The second-order valence-electron chi connectivity index (χ2n) is 7.34. The van der Waals surface area contributed by atoms with Crippen LogP contribution in [0.4, 0.5) is 0 Å². The van der Waals surface area contributed by atoms with E-state index in [9.17, 15) is 9.59 Å². The lowest BCUT2D eigenvalue weighted by Crippen LogP contribution is -2.52. The highest BCUT2D eigenvalue weighted by Gasteiger charge is 2.57. The van der Waals surface area contributed by atoms with Crippen LogP contribution >= 0.6 is 11.8 Å². The van der Waals surface area contributed by atoms with Crippen LogP contribution in [0, 0.1) is 0 Å². The van der Waals surface area contributed by atoms with E-state index in [1.165, 1.54) is 0 Å². The van der Waals surface area contributed by atoms with Gasteiger partial charge in [0.05, 0.1) is 7.11 Å². The maximum atomic E-state index is 13.1. The number of carbonyl (C=O) groups is 2. The van der Waals surface area contributed by atoms with Gasteiger partial charge < -0.3 is 15.0 Å². The predicted molar refractivity (Wildman–Crippen MR) is 106 cm³/mol. The summed E-state index contributed by atoms with van der Waals surface area (Å²) in [6, 6.07) is 14.7. The first-order valence-corrected chi connectivity index (χ1v) is 9.80. The van der Waals surface area contributed by atoms with Gasteiger partial charge in [0.1, 0.15) is 17.2 Å². The standard InChI is InChI=1S/C21H22N2O3S/c1-21(2)17(18(24)22-12-13-8-10-14(26-3)11-9-13)23-19(25)15-6-4-5-7-16(15)20(23)27-21/h4-11,17,20H,12H2,1-3H3,(H,22,24)/t17-,20?/m1/s1. The quantitative estimate of drug-likeness (QED) is 0.881. The Morgan fingerprint density at radius 1 is 1.19 bits per heavy atom. The smallest absolute Gasteiger partial charge is 0.256 e. The zero-order valence-electron chi connectivity index (χ0n) is 15.6. The molecular weight excluding hydrogens is 360 g/mol. The number of methoxy groups -OCH3 is 1. The summed E-state index contributed by atoms with van der Waals surface area (Å²) in [7, 11) is 1.62. The van der Waals surface area contributed by atoms with Crippen molar-refractivity contribution >= 4 is 23.6 Å². The van der Waals surface area contributed by atoms with Crippen LogP contribution in [-0.4, -0.2) is 34.6 Å². The molecule has 1 N–H and O–H groups in total. The summed E-state index contributed by atoms with van der Waals surface area (Å²) in [5.74, 6) is 0.604. The van der Waals surface area contributed by atoms with Crippen LogP contribution < -0.4 is 10.1 Å². The molecule has 1 saturated heterocycles. The summed E-state index contributed by atoms with van der Waals surface area (Å²) in [6.07, 6.45) is 0. The van der Waals surface area contributed by atoms with Gasteiger partial charge in [-0.15, -0.1) is 11.8 Å². The summed E-state index contributed by atoms with van der Waals surface area (Å²) in [6.45, 7) is 4.48. The lowest BCUT2D eigenvalue weighted by Gasteiger charge is -2.29. The van der Waals surface area contributed by atoms with Crippen LogP contribution in [0.25, 0.3) is 0 Å². The average Bonchev–Trinajstić information content (AvgIpc) is 3.10. The minimum Gasteiger partial charge on any atom is -0.497 e. The number of carbonyl (C=O) groups excluding carboxylic acids is 2. The van der Waals surface area contributed by atoms with Gasteiger partial charge in [-0.25, -0.2) is 0 Å². The van der Waals surface area contributed by atoms with E-state index in [1.54, 1.807) is 23.8 Å². The van der Waals surface area contributed by atoms with Crippen LogP contribution in [0.2, 0.25) is 0 Å². The van der Waals surface area contributed by atoms with Gasteiger partial charge in [-0.2, -0.15) is 0 Å². The van der Waals surface area contributed by atoms with E-state index in [4.69, 9.17) is 4.74 Å². The number of thioether (sulfide) groups is 1. The third kappa shape index (κ3) is 2.98. The van der Waals surface area contributed by atoms with E-state index >= 15 is 0 Å². The highest BCUT2D eigenvalue weighted by atomic mass is 32.2. The third-order valence-electron chi connectivity index (χ3n) is 5.17. The summed E-state index contributed by atoms with van der Waals surface area (Å²) in [5.41, 5.74) is 2.70. The first-order valence-electron chi connectivity index (χ1n) is 8.92. The highest BCUT2D eigenvalue weighted by Crippen LogP contribution is 2.56. The molecule has 4 rings (SSSR count). The van der Waals surface area contributed by atoms with E-state index in [1.807, 2.05) is 62.4 Å². The molecule has 0 bridgehead atoms. The van der Waals surface area contributed by atoms with Crippen molar-refractivity contribution in [2.75, 3.05) is 7.11 Å². The van der Waals surface area contributed by atoms with Gasteiger partial charge in [0.25, 0.3) is 5.91 Å².